The fourth-order valence-electron chi connectivity index (χ4n) is 3.02. The van der Waals surface area contributed by atoms with Gasteiger partial charge in [-0.3, -0.25) is 14.4 Å². The van der Waals surface area contributed by atoms with Crippen LogP contribution in [0, 0.1) is 3.57 Å². The smallest absolute Gasteiger partial charge is 0.257 e. The standard InChI is InChI=1S/C17H19IN2O3/c1-2-3-15(21)19(12-8-9-12)14-10-16(22)20(17(14)23)13-6-4-11(18)5-7-13/h4-7,12,14H,2-3,8-10H2,1H3. The molecule has 1 aromatic rings. The van der Waals surface area contributed by atoms with E-state index in [0.29, 0.717) is 12.1 Å². The van der Waals surface area contributed by atoms with Crippen LogP contribution in [0.3, 0.4) is 0 Å². The number of imide groups is 1. The van der Waals surface area contributed by atoms with Gasteiger partial charge in [0.25, 0.3) is 5.91 Å². The second-order valence-electron chi connectivity index (χ2n) is 6.05. The second-order valence-corrected chi connectivity index (χ2v) is 7.29. The van der Waals surface area contributed by atoms with E-state index in [1.165, 1.54) is 4.90 Å². The summed E-state index contributed by atoms with van der Waals surface area (Å²) in [5, 5.41) is 0. The van der Waals surface area contributed by atoms with Crippen LogP contribution in [-0.2, 0) is 14.4 Å². The average molecular weight is 426 g/mol. The lowest BCUT2D eigenvalue weighted by molar-refractivity contribution is -0.139. The Morgan fingerprint density at radius 1 is 1.26 bits per heavy atom. The molecule has 1 aliphatic heterocycles. The Morgan fingerprint density at radius 2 is 1.91 bits per heavy atom. The zero-order valence-electron chi connectivity index (χ0n) is 13.0. The van der Waals surface area contributed by atoms with Gasteiger partial charge in [0.1, 0.15) is 6.04 Å². The second kappa shape index (κ2) is 6.59. The highest BCUT2D eigenvalue weighted by atomic mass is 127. The number of rotatable bonds is 5. The molecular weight excluding hydrogens is 407 g/mol. The molecule has 6 heteroatoms. The van der Waals surface area contributed by atoms with Crippen LogP contribution >= 0.6 is 22.6 Å². The van der Waals surface area contributed by atoms with Crippen molar-refractivity contribution in [2.75, 3.05) is 4.90 Å². The molecule has 5 nitrogen and oxygen atoms in total. The molecule has 0 aromatic heterocycles. The zero-order valence-corrected chi connectivity index (χ0v) is 15.2. The number of hydrogen-bond acceptors (Lipinski definition) is 3. The predicted octanol–water partition coefficient (Wildman–Crippen LogP) is 2.71. The summed E-state index contributed by atoms with van der Waals surface area (Å²) in [6.07, 6.45) is 3.13. The first-order chi connectivity index (χ1) is 11.0. The normalized spacial score (nSPS) is 21.0. The van der Waals surface area contributed by atoms with Gasteiger partial charge in [0, 0.05) is 16.0 Å². The summed E-state index contributed by atoms with van der Waals surface area (Å²) in [7, 11) is 0. The minimum atomic E-state index is -0.631. The van der Waals surface area contributed by atoms with Crippen molar-refractivity contribution in [2.45, 2.75) is 51.1 Å². The number of carbonyl (C=O) groups is 3. The van der Waals surface area contributed by atoms with Crippen LogP contribution in [0.5, 0.6) is 0 Å². The lowest BCUT2D eigenvalue weighted by atomic mass is 10.1. The molecule has 1 atom stereocenters. The van der Waals surface area contributed by atoms with E-state index in [9.17, 15) is 14.4 Å². The summed E-state index contributed by atoms with van der Waals surface area (Å²) in [5.41, 5.74) is 0.585. The van der Waals surface area contributed by atoms with Crippen LogP contribution in [0.2, 0.25) is 0 Å². The Kier molecular flexibility index (Phi) is 4.70. The van der Waals surface area contributed by atoms with Crippen LogP contribution in [0.1, 0.15) is 39.0 Å². The topological polar surface area (TPSA) is 57.7 Å². The Balaban J connectivity index is 1.84. The molecule has 0 radical (unpaired) electrons. The highest BCUT2D eigenvalue weighted by Gasteiger charge is 2.48. The molecule has 3 amide bonds. The van der Waals surface area contributed by atoms with Gasteiger partial charge in [0.15, 0.2) is 0 Å². The molecule has 0 spiro atoms. The van der Waals surface area contributed by atoms with Crippen molar-refractivity contribution in [1.29, 1.82) is 0 Å². The summed E-state index contributed by atoms with van der Waals surface area (Å²) in [6, 6.07) is 6.78. The Bertz CT molecular complexity index is 640. The van der Waals surface area contributed by atoms with Crippen molar-refractivity contribution >= 4 is 46.0 Å². The molecular formula is C17H19IN2O3. The third kappa shape index (κ3) is 3.27. The lowest BCUT2D eigenvalue weighted by Gasteiger charge is -2.27. The summed E-state index contributed by atoms with van der Waals surface area (Å²) < 4.78 is 1.04. The minimum Gasteiger partial charge on any atom is -0.327 e. The number of amides is 3. The summed E-state index contributed by atoms with van der Waals surface area (Å²) in [5.74, 6) is -0.505. The van der Waals surface area contributed by atoms with Crippen molar-refractivity contribution in [2.24, 2.45) is 0 Å². The Morgan fingerprint density at radius 3 is 2.48 bits per heavy atom. The van der Waals surface area contributed by atoms with E-state index in [1.807, 2.05) is 19.1 Å². The van der Waals surface area contributed by atoms with E-state index in [2.05, 4.69) is 22.6 Å². The first kappa shape index (κ1) is 16.4. The monoisotopic (exact) mass is 426 g/mol. The Hall–Kier alpha value is -1.44. The molecule has 1 unspecified atom stereocenters. The molecule has 23 heavy (non-hydrogen) atoms. The van der Waals surface area contributed by atoms with Gasteiger partial charge in [-0.15, -0.1) is 0 Å². The molecule has 1 aliphatic carbocycles. The molecule has 0 bridgehead atoms. The number of benzene rings is 1. The van der Waals surface area contributed by atoms with Crippen LogP contribution in [-0.4, -0.2) is 34.7 Å². The minimum absolute atomic E-state index is 0.00869. The molecule has 2 aliphatic rings. The molecule has 1 aromatic carbocycles. The van der Waals surface area contributed by atoms with Gasteiger partial charge in [-0.1, -0.05) is 6.92 Å². The number of hydrogen-bond donors (Lipinski definition) is 0. The number of carbonyl (C=O) groups excluding carboxylic acids is 3. The molecule has 1 saturated carbocycles. The summed E-state index contributed by atoms with van der Waals surface area (Å²) >= 11 is 2.18. The van der Waals surface area contributed by atoms with E-state index in [0.717, 1.165) is 22.8 Å². The van der Waals surface area contributed by atoms with Crippen LogP contribution in [0.4, 0.5) is 5.69 Å². The third-order valence-electron chi connectivity index (χ3n) is 4.24. The SMILES string of the molecule is CCCC(=O)N(C1CC1)C1CC(=O)N(c2ccc(I)cc2)C1=O. The highest BCUT2D eigenvalue weighted by Crippen LogP contribution is 2.34. The van der Waals surface area contributed by atoms with Crippen molar-refractivity contribution < 1.29 is 14.4 Å². The Labute approximate surface area is 149 Å². The van der Waals surface area contributed by atoms with Crippen molar-refractivity contribution in [1.82, 2.24) is 4.90 Å². The summed E-state index contributed by atoms with van der Waals surface area (Å²) in [6.45, 7) is 1.95. The van der Waals surface area contributed by atoms with Crippen molar-refractivity contribution in [3.63, 3.8) is 0 Å². The van der Waals surface area contributed by atoms with Crippen molar-refractivity contribution in [3.8, 4) is 0 Å². The fourth-order valence-corrected chi connectivity index (χ4v) is 3.38. The highest BCUT2D eigenvalue weighted by molar-refractivity contribution is 14.1. The van der Waals surface area contributed by atoms with E-state index in [1.54, 1.807) is 17.0 Å². The van der Waals surface area contributed by atoms with Crippen LogP contribution in [0.25, 0.3) is 0 Å². The fraction of sp³-hybridized carbons (Fsp3) is 0.471. The molecule has 2 fully saturated rings. The van der Waals surface area contributed by atoms with Gasteiger partial charge in [-0.05, 0) is 66.1 Å². The average Bonchev–Trinajstić information content (AvgIpc) is 3.29. The largest absolute Gasteiger partial charge is 0.327 e. The maximum Gasteiger partial charge on any atom is 0.257 e. The molecule has 122 valence electrons. The summed E-state index contributed by atoms with van der Waals surface area (Å²) in [4.78, 5) is 40.5. The molecule has 1 saturated heterocycles. The van der Waals surface area contributed by atoms with Gasteiger partial charge in [0.2, 0.25) is 11.8 Å². The van der Waals surface area contributed by atoms with Gasteiger partial charge in [-0.25, -0.2) is 4.90 Å². The van der Waals surface area contributed by atoms with E-state index >= 15 is 0 Å². The van der Waals surface area contributed by atoms with Crippen LogP contribution < -0.4 is 4.90 Å². The van der Waals surface area contributed by atoms with Crippen molar-refractivity contribution in [3.05, 3.63) is 27.8 Å². The molecule has 0 N–H and O–H groups in total. The molecule has 3 rings (SSSR count). The maximum absolute atomic E-state index is 12.8. The van der Waals surface area contributed by atoms with E-state index in [-0.39, 0.29) is 30.2 Å². The van der Waals surface area contributed by atoms with Gasteiger partial charge in [0.05, 0.1) is 12.1 Å². The quantitative estimate of drug-likeness (QED) is 0.538. The van der Waals surface area contributed by atoms with E-state index < -0.39 is 6.04 Å². The zero-order chi connectivity index (χ0) is 16.6. The van der Waals surface area contributed by atoms with Crippen LogP contribution in [0.15, 0.2) is 24.3 Å². The van der Waals surface area contributed by atoms with Gasteiger partial charge in [-0.2, -0.15) is 0 Å². The number of anilines is 1. The number of halogens is 1. The maximum atomic E-state index is 12.8. The first-order valence-corrected chi connectivity index (χ1v) is 9.04. The first-order valence-electron chi connectivity index (χ1n) is 7.96. The van der Waals surface area contributed by atoms with Gasteiger partial charge < -0.3 is 4.90 Å². The van der Waals surface area contributed by atoms with E-state index in [4.69, 9.17) is 0 Å². The number of nitrogens with zero attached hydrogens (tertiary/aromatic N) is 2. The van der Waals surface area contributed by atoms with Gasteiger partial charge >= 0.3 is 0 Å². The third-order valence-corrected chi connectivity index (χ3v) is 4.95. The lowest BCUT2D eigenvalue weighted by Crippen LogP contribution is -2.46. The predicted molar refractivity (Wildman–Crippen MR) is 94.8 cm³/mol. The molecule has 1 heterocycles.